The first-order valence-corrected chi connectivity index (χ1v) is 10.4. The number of halogens is 3. The first kappa shape index (κ1) is 20.5. The highest BCUT2D eigenvalue weighted by Gasteiger charge is 2.38. The van der Waals surface area contributed by atoms with Gasteiger partial charge in [0.15, 0.2) is 5.78 Å². The van der Waals surface area contributed by atoms with E-state index in [4.69, 9.17) is 0 Å². The van der Waals surface area contributed by atoms with Crippen LogP contribution in [0.15, 0.2) is 69.5 Å². The highest BCUT2D eigenvalue weighted by molar-refractivity contribution is 9.10. The number of nitrogens with one attached hydrogen (secondary N) is 2. The van der Waals surface area contributed by atoms with Gasteiger partial charge in [0.05, 0.1) is 5.69 Å². The quantitative estimate of drug-likeness (QED) is 0.634. The van der Waals surface area contributed by atoms with Gasteiger partial charge in [0, 0.05) is 45.4 Å². The van der Waals surface area contributed by atoms with Gasteiger partial charge in [0.1, 0.15) is 11.6 Å². The van der Waals surface area contributed by atoms with E-state index in [1.165, 1.54) is 6.07 Å². The van der Waals surface area contributed by atoms with Crippen molar-refractivity contribution in [3.8, 4) is 0 Å². The molecule has 2 aromatic rings. The molecule has 1 heterocycles. The molecule has 1 atom stereocenters. The summed E-state index contributed by atoms with van der Waals surface area (Å²) in [6.07, 6.45) is 1.91. The molecule has 0 spiro atoms. The van der Waals surface area contributed by atoms with Crippen molar-refractivity contribution >= 4 is 33.3 Å². The summed E-state index contributed by atoms with van der Waals surface area (Å²) in [6.45, 7) is 1.77. The second-order valence-electron chi connectivity index (χ2n) is 7.40. The van der Waals surface area contributed by atoms with Crippen LogP contribution in [0, 0.1) is 11.6 Å². The molecule has 1 amide bonds. The SMILES string of the molecule is CC1=C(C(=O)Nc2ccc(F)cc2F)[C@H](c2ccc(Br)cc2)C2=C(CCCC2=O)N1. The Kier molecular flexibility index (Phi) is 5.56. The monoisotopic (exact) mass is 472 g/mol. The highest BCUT2D eigenvalue weighted by Crippen LogP contribution is 2.42. The van der Waals surface area contributed by atoms with Gasteiger partial charge in [-0.2, -0.15) is 0 Å². The van der Waals surface area contributed by atoms with E-state index in [9.17, 15) is 18.4 Å². The van der Waals surface area contributed by atoms with Gasteiger partial charge in [-0.3, -0.25) is 9.59 Å². The number of carbonyl (C=O) groups is 2. The van der Waals surface area contributed by atoms with Gasteiger partial charge in [-0.25, -0.2) is 8.78 Å². The summed E-state index contributed by atoms with van der Waals surface area (Å²) in [5.41, 5.74) is 3.05. The lowest BCUT2D eigenvalue weighted by atomic mass is 9.75. The molecule has 7 heteroatoms. The molecule has 2 N–H and O–H groups in total. The van der Waals surface area contributed by atoms with Gasteiger partial charge in [0.25, 0.3) is 5.91 Å². The van der Waals surface area contributed by atoms with Crippen molar-refractivity contribution in [3.05, 3.63) is 86.7 Å². The maximum Gasteiger partial charge on any atom is 0.254 e. The van der Waals surface area contributed by atoms with Crippen molar-refractivity contribution in [3.63, 3.8) is 0 Å². The van der Waals surface area contributed by atoms with E-state index in [1.54, 1.807) is 6.92 Å². The molecule has 30 heavy (non-hydrogen) atoms. The Morgan fingerprint density at radius 2 is 1.87 bits per heavy atom. The van der Waals surface area contributed by atoms with E-state index in [0.29, 0.717) is 29.3 Å². The van der Waals surface area contributed by atoms with Crippen molar-refractivity contribution in [1.82, 2.24) is 5.32 Å². The molecule has 0 saturated carbocycles. The number of rotatable bonds is 3. The zero-order chi connectivity index (χ0) is 21.4. The molecule has 2 aliphatic rings. The number of dihydropyridines is 1. The number of amides is 1. The minimum atomic E-state index is -0.862. The third kappa shape index (κ3) is 3.81. The number of allylic oxidation sites excluding steroid dienone is 3. The summed E-state index contributed by atoms with van der Waals surface area (Å²) in [5.74, 6) is -2.69. The van der Waals surface area contributed by atoms with E-state index < -0.39 is 23.5 Å². The molecule has 0 unspecified atom stereocenters. The van der Waals surface area contributed by atoms with E-state index in [-0.39, 0.29) is 11.5 Å². The van der Waals surface area contributed by atoms with Gasteiger partial charge in [-0.1, -0.05) is 28.1 Å². The number of hydrogen-bond acceptors (Lipinski definition) is 3. The second-order valence-corrected chi connectivity index (χ2v) is 8.31. The molecular weight excluding hydrogens is 454 g/mol. The Morgan fingerprint density at radius 1 is 1.13 bits per heavy atom. The molecule has 4 nitrogen and oxygen atoms in total. The summed E-state index contributed by atoms with van der Waals surface area (Å²) >= 11 is 3.41. The van der Waals surface area contributed by atoms with Gasteiger partial charge in [0.2, 0.25) is 0 Å². The number of Topliss-reactive ketones (excluding diaryl/α,β-unsaturated/α-hetero) is 1. The molecule has 0 radical (unpaired) electrons. The van der Waals surface area contributed by atoms with Crippen LogP contribution in [-0.4, -0.2) is 11.7 Å². The van der Waals surface area contributed by atoms with Gasteiger partial charge < -0.3 is 10.6 Å². The Balaban J connectivity index is 1.78. The molecule has 0 fully saturated rings. The number of benzene rings is 2. The number of anilines is 1. The zero-order valence-electron chi connectivity index (χ0n) is 16.2. The Bertz CT molecular complexity index is 1110. The van der Waals surface area contributed by atoms with E-state index in [1.807, 2.05) is 24.3 Å². The van der Waals surface area contributed by atoms with Crippen LogP contribution < -0.4 is 10.6 Å². The topological polar surface area (TPSA) is 58.2 Å². The molecule has 1 aliphatic heterocycles. The van der Waals surface area contributed by atoms with Crippen LogP contribution in [0.3, 0.4) is 0 Å². The van der Waals surface area contributed by atoms with Crippen molar-refractivity contribution in [1.29, 1.82) is 0 Å². The number of ketones is 1. The first-order valence-electron chi connectivity index (χ1n) is 9.61. The lowest BCUT2D eigenvalue weighted by Gasteiger charge is -2.34. The van der Waals surface area contributed by atoms with E-state index in [0.717, 1.165) is 34.6 Å². The summed E-state index contributed by atoms with van der Waals surface area (Å²) in [5, 5.41) is 5.75. The normalized spacial score (nSPS) is 18.8. The minimum Gasteiger partial charge on any atom is -0.362 e. The van der Waals surface area contributed by atoms with Crippen LogP contribution in [0.5, 0.6) is 0 Å². The zero-order valence-corrected chi connectivity index (χ0v) is 17.8. The van der Waals surface area contributed by atoms with E-state index >= 15 is 0 Å². The summed E-state index contributed by atoms with van der Waals surface area (Å²) in [4.78, 5) is 26.1. The predicted octanol–water partition coefficient (Wildman–Crippen LogP) is 5.33. The molecule has 0 saturated heterocycles. The molecular formula is C23H19BrF2N2O2. The molecule has 154 valence electrons. The average Bonchev–Trinajstić information content (AvgIpc) is 2.70. The number of hydrogen-bond donors (Lipinski definition) is 2. The fourth-order valence-corrected chi connectivity index (χ4v) is 4.32. The lowest BCUT2D eigenvalue weighted by molar-refractivity contribution is -0.116. The highest BCUT2D eigenvalue weighted by atomic mass is 79.9. The van der Waals surface area contributed by atoms with Gasteiger partial charge >= 0.3 is 0 Å². The van der Waals surface area contributed by atoms with Crippen LogP contribution in [0.2, 0.25) is 0 Å². The van der Waals surface area contributed by atoms with Crippen LogP contribution in [-0.2, 0) is 9.59 Å². The Hall–Kier alpha value is -2.80. The van der Waals surface area contributed by atoms with E-state index in [2.05, 4.69) is 26.6 Å². The van der Waals surface area contributed by atoms with Crippen LogP contribution in [0.4, 0.5) is 14.5 Å². The molecule has 1 aliphatic carbocycles. The maximum atomic E-state index is 14.1. The third-order valence-electron chi connectivity index (χ3n) is 5.40. The van der Waals surface area contributed by atoms with Crippen molar-refractivity contribution in [2.24, 2.45) is 0 Å². The number of carbonyl (C=O) groups excluding carboxylic acids is 2. The Morgan fingerprint density at radius 3 is 2.57 bits per heavy atom. The van der Waals surface area contributed by atoms with Crippen molar-refractivity contribution in [2.45, 2.75) is 32.1 Å². The van der Waals surface area contributed by atoms with Crippen molar-refractivity contribution < 1.29 is 18.4 Å². The first-order chi connectivity index (χ1) is 14.3. The van der Waals surface area contributed by atoms with Crippen LogP contribution in [0.25, 0.3) is 0 Å². The smallest absolute Gasteiger partial charge is 0.254 e. The predicted molar refractivity (Wildman–Crippen MR) is 114 cm³/mol. The molecule has 4 rings (SSSR count). The Labute approximate surface area is 181 Å². The molecule has 2 aromatic carbocycles. The van der Waals surface area contributed by atoms with Crippen molar-refractivity contribution in [2.75, 3.05) is 5.32 Å². The molecule has 0 bridgehead atoms. The minimum absolute atomic E-state index is 0.00225. The maximum absolute atomic E-state index is 14.1. The second kappa shape index (κ2) is 8.14. The van der Waals surface area contributed by atoms with Crippen LogP contribution >= 0.6 is 15.9 Å². The van der Waals surface area contributed by atoms with Crippen LogP contribution in [0.1, 0.15) is 37.7 Å². The fraction of sp³-hybridized carbons (Fsp3) is 0.217. The summed E-state index contributed by atoms with van der Waals surface area (Å²) in [6, 6.07) is 10.4. The fourth-order valence-electron chi connectivity index (χ4n) is 4.05. The average molecular weight is 473 g/mol. The molecule has 0 aromatic heterocycles. The van der Waals surface area contributed by atoms with Gasteiger partial charge in [-0.15, -0.1) is 0 Å². The summed E-state index contributed by atoms with van der Waals surface area (Å²) in [7, 11) is 0. The summed E-state index contributed by atoms with van der Waals surface area (Å²) < 4.78 is 28.2. The standard InChI is InChI=1S/C23H19BrF2N2O2/c1-12-20(23(30)28-17-10-9-15(25)11-16(17)26)21(13-5-7-14(24)8-6-13)22-18(27-12)3-2-4-19(22)29/h5-11,21,27H,2-4H2,1H3,(H,28,30)/t21-/m0/s1. The lowest BCUT2D eigenvalue weighted by Crippen LogP contribution is -2.35. The van der Waals surface area contributed by atoms with Gasteiger partial charge in [-0.05, 0) is 49.6 Å². The third-order valence-corrected chi connectivity index (χ3v) is 5.93. The largest absolute Gasteiger partial charge is 0.362 e.